The Morgan fingerprint density at radius 1 is 1.21 bits per heavy atom. The van der Waals surface area contributed by atoms with E-state index in [0.29, 0.717) is 35.6 Å². The summed E-state index contributed by atoms with van der Waals surface area (Å²) in [6, 6.07) is 8.94. The topological polar surface area (TPSA) is 133 Å². The van der Waals surface area contributed by atoms with Gasteiger partial charge in [-0.05, 0) is 30.3 Å². The van der Waals surface area contributed by atoms with Crippen LogP contribution < -0.4 is 14.8 Å². The molecule has 180 valence electrons. The molecule has 1 fully saturated rings. The lowest BCUT2D eigenvalue weighted by atomic mass is 10.1. The lowest BCUT2D eigenvalue weighted by Gasteiger charge is -2.30. The molecule has 4 rings (SSSR count). The molecule has 12 heteroatoms. The van der Waals surface area contributed by atoms with Gasteiger partial charge in [-0.25, -0.2) is 18.4 Å². The number of ether oxygens (including phenoxy) is 3. The van der Waals surface area contributed by atoms with Crippen molar-refractivity contribution in [3.63, 3.8) is 0 Å². The molecule has 1 aromatic carbocycles. The Hall–Kier alpha value is -3.35. The van der Waals surface area contributed by atoms with Gasteiger partial charge in [0.2, 0.25) is 15.9 Å². The monoisotopic (exact) mass is 487 g/mol. The molecule has 3 aromatic rings. The van der Waals surface area contributed by atoms with Gasteiger partial charge >= 0.3 is 0 Å². The highest BCUT2D eigenvalue weighted by Crippen LogP contribution is 2.28. The third-order valence-electron chi connectivity index (χ3n) is 5.20. The van der Waals surface area contributed by atoms with E-state index in [2.05, 4.69) is 20.3 Å². The highest BCUT2D eigenvalue weighted by atomic mass is 32.2. The van der Waals surface area contributed by atoms with Crippen LogP contribution in [0.4, 0.5) is 0 Å². The van der Waals surface area contributed by atoms with Crippen LogP contribution >= 0.6 is 0 Å². The van der Waals surface area contributed by atoms with Crippen LogP contribution in [-0.4, -0.2) is 85.9 Å². The quantitative estimate of drug-likeness (QED) is 0.491. The van der Waals surface area contributed by atoms with Crippen molar-refractivity contribution in [2.75, 3.05) is 46.2 Å². The van der Waals surface area contributed by atoms with Crippen LogP contribution in [0.15, 0.2) is 42.7 Å². The smallest absolute Gasteiger partial charge is 0.257 e. The van der Waals surface area contributed by atoms with E-state index in [0.717, 1.165) is 5.56 Å². The fourth-order valence-corrected chi connectivity index (χ4v) is 4.24. The number of fused-ring (bicyclic) bond motifs is 1. The molecular weight excluding hydrogens is 462 g/mol. The molecule has 1 amide bonds. The zero-order valence-electron chi connectivity index (χ0n) is 18.8. The summed E-state index contributed by atoms with van der Waals surface area (Å²) in [5, 5.41) is 2.50. The van der Waals surface area contributed by atoms with Gasteiger partial charge in [-0.3, -0.25) is 9.78 Å². The predicted octanol–water partition coefficient (Wildman–Crippen LogP) is 0.856. The summed E-state index contributed by atoms with van der Waals surface area (Å²) in [4.78, 5) is 24.7. The SMILES string of the molecule is CNC(=O)COc1ccc(-c2cc3nccnc3c(OC[C@@H]3CN(S(C)(=O)=O)CCO3)n2)cc1. The molecule has 0 bridgehead atoms. The first kappa shape index (κ1) is 23.8. The normalized spacial score (nSPS) is 16.8. The van der Waals surface area contributed by atoms with Crippen molar-refractivity contribution in [2.45, 2.75) is 6.10 Å². The van der Waals surface area contributed by atoms with E-state index in [1.54, 1.807) is 37.6 Å². The van der Waals surface area contributed by atoms with Gasteiger partial charge in [0.05, 0.1) is 24.1 Å². The summed E-state index contributed by atoms with van der Waals surface area (Å²) >= 11 is 0. The molecule has 0 radical (unpaired) electrons. The molecule has 0 unspecified atom stereocenters. The second kappa shape index (κ2) is 10.3. The maximum absolute atomic E-state index is 11.9. The molecule has 0 aliphatic carbocycles. The summed E-state index contributed by atoms with van der Waals surface area (Å²) in [7, 11) is -1.76. The number of nitrogens with zero attached hydrogens (tertiary/aromatic N) is 4. The van der Waals surface area contributed by atoms with Gasteiger partial charge in [-0.2, -0.15) is 4.31 Å². The largest absolute Gasteiger partial charge is 0.484 e. The first-order valence-electron chi connectivity index (χ1n) is 10.6. The summed E-state index contributed by atoms with van der Waals surface area (Å²) in [5.41, 5.74) is 2.50. The lowest BCUT2D eigenvalue weighted by Crippen LogP contribution is -2.47. The Labute approximate surface area is 197 Å². The third-order valence-corrected chi connectivity index (χ3v) is 6.47. The van der Waals surface area contributed by atoms with Crippen molar-refractivity contribution in [2.24, 2.45) is 0 Å². The summed E-state index contributed by atoms with van der Waals surface area (Å²) < 4.78 is 42.2. The second-order valence-electron chi connectivity index (χ2n) is 7.65. The number of nitrogens with one attached hydrogen (secondary N) is 1. The fourth-order valence-electron chi connectivity index (χ4n) is 3.40. The highest BCUT2D eigenvalue weighted by molar-refractivity contribution is 7.88. The minimum Gasteiger partial charge on any atom is -0.484 e. The summed E-state index contributed by atoms with van der Waals surface area (Å²) in [5.74, 6) is 0.608. The first-order chi connectivity index (χ1) is 16.3. The van der Waals surface area contributed by atoms with E-state index >= 15 is 0 Å². The molecule has 3 heterocycles. The molecule has 2 aromatic heterocycles. The third kappa shape index (κ3) is 5.76. The molecule has 0 saturated carbocycles. The highest BCUT2D eigenvalue weighted by Gasteiger charge is 2.27. The number of hydrogen-bond acceptors (Lipinski definition) is 9. The van der Waals surface area contributed by atoms with E-state index in [9.17, 15) is 13.2 Å². The van der Waals surface area contributed by atoms with Gasteiger partial charge in [0.1, 0.15) is 18.5 Å². The van der Waals surface area contributed by atoms with Gasteiger partial charge in [0.15, 0.2) is 12.1 Å². The Morgan fingerprint density at radius 3 is 2.71 bits per heavy atom. The number of hydrogen-bond donors (Lipinski definition) is 1. The van der Waals surface area contributed by atoms with Gasteiger partial charge in [0, 0.05) is 38.1 Å². The number of amides is 1. The summed E-state index contributed by atoms with van der Waals surface area (Å²) in [6.45, 7) is 0.863. The van der Waals surface area contributed by atoms with Gasteiger partial charge in [-0.1, -0.05) is 0 Å². The summed E-state index contributed by atoms with van der Waals surface area (Å²) in [6.07, 6.45) is 3.88. The molecule has 11 nitrogen and oxygen atoms in total. The molecule has 1 N–H and O–H groups in total. The maximum Gasteiger partial charge on any atom is 0.257 e. The molecule has 1 aliphatic rings. The molecule has 34 heavy (non-hydrogen) atoms. The van der Waals surface area contributed by atoms with E-state index in [1.807, 2.05) is 12.1 Å². The Morgan fingerprint density at radius 2 is 1.97 bits per heavy atom. The number of likely N-dealkylation sites (N-methyl/N-ethyl adjacent to an activating group) is 1. The average Bonchev–Trinajstić information content (AvgIpc) is 2.85. The number of aromatic nitrogens is 3. The first-order valence-corrected chi connectivity index (χ1v) is 12.4. The van der Waals surface area contributed by atoms with Crippen LogP contribution in [-0.2, 0) is 19.6 Å². The van der Waals surface area contributed by atoms with Crippen LogP contribution in [0.5, 0.6) is 11.6 Å². The minimum atomic E-state index is -3.31. The molecular formula is C22H25N5O6S. The van der Waals surface area contributed by atoms with E-state index in [1.165, 1.54) is 10.6 Å². The van der Waals surface area contributed by atoms with E-state index in [-0.39, 0.29) is 31.5 Å². The van der Waals surface area contributed by atoms with Crippen molar-refractivity contribution in [1.82, 2.24) is 24.6 Å². The maximum atomic E-state index is 11.9. The Bertz CT molecular complexity index is 1270. The lowest BCUT2D eigenvalue weighted by molar-refractivity contribution is -0.122. The van der Waals surface area contributed by atoms with E-state index in [4.69, 9.17) is 14.2 Å². The van der Waals surface area contributed by atoms with Crippen molar-refractivity contribution < 1.29 is 27.4 Å². The average molecular weight is 488 g/mol. The molecule has 1 aliphatic heterocycles. The van der Waals surface area contributed by atoms with Gasteiger partial charge < -0.3 is 19.5 Å². The standard InChI is InChI=1S/C22H25N5O6S/c1-23-20(28)14-32-16-5-3-15(4-6-16)18-11-19-21(25-8-7-24-19)22(26-18)33-13-17-12-27(9-10-31-17)34(2,29)30/h3-8,11,17H,9-10,12-14H2,1-2H3,(H,23,28)/t17-/m0/s1. The predicted molar refractivity (Wildman–Crippen MR) is 124 cm³/mol. The van der Waals surface area contributed by atoms with E-state index < -0.39 is 16.1 Å². The van der Waals surface area contributed by atoms with Crippen LogP contribution in [0.2, 0.25) is 0 Å². The minimum absolute atomic E-state index is 0.0718. The number of carbonyl (C=O) groups excluding carboxylic acids is 1. The van der Waals surface area contributed by atoms with Crippen LogP contribution in [0.1, 0.15) is 0 Å². The zero-order chi connectivity index (χ0) is 24.1. The number of rotatable bonds is 8. The second-order valence-corrected chi connectivity index (χ2v) is 9.63. The van der Waals surface area contributed by atoms with Gasteiger partial charge in [-0.15, -0.1) is 0 Å². The molecule has 1 atom stereocenters. The number of carbonyl (C=O) groups is 1. The zero-order valence-corrected chi connectivity index (χ0v) is 19.6. The van der Waals surface area contributed by atoms with Crippen molar-refractivity contribution in [1.29, 1.82) is 0 Å². The molecule has 1 saturated heterocycles. The van der Waals surface area contributed by atoms with Crippen LogP contribution in [0, 0.1) is 0 Å². The Kier molecular flexibility index (Phi) is 7.20. The number of pyridine rings is 1. The van der Waals surface area contributed by atoms with Crippen molar-refractivity contribution in [3.8, 4) is 22.9 Å². The fraction of sp³-hybridized carbons (Fsp3) is 0.364. The van der Waals surface area contributed by atoms with Gasteiger partial charge in [0.25, 0.3) is 5.91 Å². The van der Waals surface area contributed by atoms with Crippen molar-refractivity contribution in [3.05, 3.63) is 42.7 Å². The Balaban J connectivity index is 1.53. The van der Waals surface area contributed by atoms with Crippen LogP contribution in [0.3, 0.4) is 0 Å². The number of benzene rings is 1. The van der Waals surface area contributed by atoms with Crippen LogP contribution in [0.25, 0.3) is 22.3 Å². The number of morpholine rings is 1. The molecule has 0 spiro atoms. The number of sulfonamides is 1. The van der Waals surface area contributed by atoms with Crippen molar-refractivity contribution >= 4 is 27.0 Å².